The van der Waals surface area contributed by atoms with Gasteiger partial charge in [0.1, 0.15) is 15.2 Å². The zero-order chi connectivity index (χ0) is 14.8. The normalized spacial score (nSPS) is 10.6. The molecule has 0 aliphatic rings. The molecule has 0 atom stereocenters. The summed E-state index contributed by atoms with van der Waals surface area (Å²) in [5, 5.41) is 17.7. The molecular weight excluding hydrogens is 318 g/mol. The molecule has 0 unspecified atom stereocenters. The highest BCUT2D eigenvalue weighted by molar-refractivity contribution is 7.94. The predicted molar refractivity (Wildman–Crippen MR) is 76.0 cm³/mol. The van der Waals surface area contributed by atoms with Gasteiger partial charge in [0, 0.05) is 0 Å². The maximum absolute atomic E-state index is 12.1. The van der Waals surface area contributed by atoms with Crippen LogP contribution in [-0.4, -0.2) is 8.42 Å². The predicted octanol–water partition coefficient (Wildman–Crippen LogP) is 2.95. The molecule has 5 nitrogen and oxygen atoms in total. The molecule has 2 aromatic rings. The Balaban J connectivity index is 2.38. The fraction of sp³-hybridized carbons (Fsp3) is 0. The van der Waals surface area contributed by atoms with E-state index in [-0.39, 0.29) is 20.5 Å². The molecule has 100 valence electrons. The van der Waals surface area contributed by atoms with Crippen LogP contribution in [0.4, 0.5) is 5.69 Å². The summed E-state index contributed by atoms with van der Waals surface area (Å²) in [6.45, 7) is 0. The Hall–Kier alpha value is -2.06. The van der Waals surface area contributed by atoms with Gasteiger partial charge in [-0.3, -0.25) is 4.72 Å². The van der Waals surface area contributed by atoms with E-state index in [4.69, 9.17) is 22.1 Å². The maximum atomic E-state index is 12.1. The second kappa shape index (κ2) is 5.51. The molecule has 1 N–H and O–H groups in total. The molecule has 0 saturated heterocycles. The molecule has 0 fully saturated rings. The Bertz CT molecular complexity index is 844. The van der Waals surface area contributed by atoms with Gasteiger partial charge in [0.2, 0.25) is 0 Å². The van der Waals surface area contributed by atoms with Crippen molar-refractivity contribution < 1.29 is 8.42 Å². The van der Waals surface area contributed by atoms with Crippen LogP contribution in [0.15, 0.2) is 34.5 Å². The van der Waals surface area contributed by atoms with Gasteiger partial charge >= 0.3 is 0 Å². The van der Waals surface area contributed by atoms with Gasteiger partial charge in [0.25, 0.3) is 10.0 Å². The molecule has 1 aromatic carbocycles. The van der Waals surface area contributed by atoms with Crippen LogP contribution < -0.4 is 4.72 Å². The lowest BCUT2D eigenvalue weighted by Gasteiger charge is -2.08. The fourth-order valence-electron chi connectivity index (χ4n) is 1.39. The minimum atomic E-state index is -3.83. The molecule has 1 heterocycles. The monoisotopic (exact) mass is 323 g/mol. The maximum Gasteiger partial charge on any atom is 0.271 e. The lowest BCUT2D eigenvalue weighted by atomic mass is 10.2. The van der Waals surface area contributed by atoms with E-state index >= 15 is 0 Å². The number of hydrogen-bond donors (Lipinski definition) is 1. The van der Waals surface area contributed by atoms with Crippen molar-refractivity contribution in [2.24, 2.45) is 0 Å². The molecule has 0 aliphatic carbocycles. The van der Waals surface area contributed by atoms with Gasteiger partial charge < -0.3 is 0 Å². The first-order chi connectivity index (χ1) is 9.46. The van der Waals surface area contributed by atoms with Crippen LogP contribution in [0.5, 0.6) is 0 Å². The summed E-state index contributed by atoms with van der Waals surface area (Å²) in [5.41, 5.74) is 0.411. The van der Waals surface area contributed by atoms with Crippen molar-refractivity contribution in [1.29, 1.82) is 10.5 Å². The molecule has 0 spiro atoms. The van der Waals surface area contributed by atoms with Gasteiger partial charge in [0.05, 0.1) is 22.3 Å². The van der Waals surface area contributed by atoms with Crippen molar-refractivity contribution in [3.05, 3.63) is 45.8 Å². The highest BCUT2D eigenvalue weighted by Gasteiger charge is 2.18. The van der Waals surface area contributed by atoms with E-state index in [2.05, 4.69) is 4.72 Å². The van der Waals surface area contributed by atoms with Crippen molar-refractivity contribution in [1.82, 2.24) is 0 Å². The van der Waals surface area contributed by atoms with Crippen molar-refractivity contribution in [3.8, 4) is 12.1 Å². The van der Waals surface area contributed by atoms with E-state index in [9.17, 15) is 8.42 Å². The van der Waals surface area contributed by atoms with E-state index in [0.29, 0.717) is 4.88 Å². The number of benzene rings is 1. The summed E-state index contributed by atoms with van der Waals surface area (Å²) >= 11 is 6.75. The number of nitrogens with one attached hydrogen (secondary N) is 1. The summed E-state index contributed by atoms with van der Waals surface area (Å²) in [4.78, 5) is 0.294. The van der Waals surface area contributed by atoms with E-state index in [1.54, 1.807) is 0 Å². The molecule has 1 aromatic heterocycles. The van der Waals surface area contributed by atoms with E-state index in [0.717, 1.165) is 11.3 Å². The van der Waals surface area contributed by atoms with Crippen molar-refractivity contribution >= 4 is 38.6 Å². The Morgan fingerprint density at radius 2 is 1.90 bits per heavy atom. The van der Waals surface area contributed by atoms with Crippen molar-refractivity contribution in [3.63, 3.8) is 0 Å². The Kier molecular flexibility index (Phi) is 3.96. The number of hydrogen-bond acceptors (Lipinski definition) is 5. The summed E-state index contributed by atoms with van der Waals surface area (Å²) in [7, 11) is -3.83. The van der Waals surface area contributed by atoms with Crippen LogP contribution in [0.3, 0.4) is 0 Å². The number of sulfonamides is 1. The fourth-order valence-corrected chi connectivity index (χ4v) is 3.79. The number of nitrogens with zero attached hydrogens (tertiary/aromatic N) is 2. The molecule has 8 heteroatoms. The summed E-state index contributed by atoms with van der Waals surface area (Å²) in [6.07, 6.45) is 0. The average Bonchev–Trinajstić information content (AvgIpc) is 2.91. The Labute approximate surface area is 124 Å². The number of anilines is 1. The van der Waals surface area contributed by atoms with Gasteiger partial charge in [-0.25, -0.2) is 8.42 Å². The van der Waals surface area contributed by atoms with Crippen LogP contribution in [0.25, 0.3) is 0 Å². The largest absolute Gasteiger partial charge is 0.277 e. The van der Waals surface area contributed by atoms with Gasteiger partial charge in [-0.15, -0.1) is 11.3 Å². The zero-order valence-electron chi connectivity index (χ0n) is 9.79. The molecule has 0 amide bonds. The van der Waals surface area contributed by atoms with Crippen molar-refractivity contribution in [2.45, 2.75) is 4.21 Å². The second-order valence-corrected chi connectivity index (χ2v) is 7.04. The first-order valence-electron chi connectivity index (χ1n) is 5.18. The zero-order valence-corrected chi connectivity index (χ0v) is 12.2. The smallest absolute Gasteiger partial charge is 0.271 e. The van der Waals surface area contributed by atoms with E-state index in [1.807, 2.05) is 12.1 Å². The average molecular weight is 324 g/mol. The van der Waals surface area contributed by atoms with Gasteiger partial charge in [-0.05, 0) is 30.3 Å². The molecule has 2 rings (SSSR count). The molecule has 0 aliphatic heterocycles. The third kappa shape index (κ3) is 2.91. The van der Waals surface area contributed by atoms with Gasteiger partial charge in [-0.2, -0.15) is 10.5 Å². The highest BCUT2D eigenvalue weighted by atomic mass is 35.5. The topological polar surface area (TPSA) is 93.8 Å². The summed E-state index contributed by atoms with van der Waals surface area (Å²) in [5.74, 6) is 0. The summed E-state index contributed by atoms with van der Waals surface area (Å²) < 4.78 is 26.6. The highest BCUT2D eigenvalue weighted by Crippen LogP contribution is 2.28. The third-order valence-corrected chi connectivity index (χ3v) is 5.47. The lowest BCUT2D eigenvalue weighted by molar-refractivity contribution is 0.603. The number of halogens is 1. The van der Waals surface area contributed by atoms with Crippen LogP contribution in [0.1, 0.15) is 10.4 Å². The van der Waals surface area contributed by atoms with Crippen molar-refractivity contribution in [2.75, 3.05) is 4.72 Å². The quantitative estimate of drug-likeness (QED) is 0.939. The Morgan fingerprint density at radius 3 is 2.50 bits per heavy atom. The Morgan fingerprint density at radius 1 is 1.15 bits per heavy atom. The van der Waals surface area contributed by atoms with E-state index in [1.165, 1.54) is 30.3 Å². The number of thiophene rings is 1. The van der Waals surface area contributed by atoms with E-state index < -0.39 is 10.0 Å². The van der Waals surface area contributed by atoms with Crippen LogP contribution >= 0.6 is 22.9 Å². The van der Waals surface area contributed by atoms with Crippen LogP contribution in [0, 0.1) is 22.7 Å². The first-order valence-corrected chi connectivity index (χ1v) is 7.86. The molecule has 0 saturated carbocycles. The molecule has 0 radical (unpaired) electrons. The minimum absolute atomic E-state index is 0.00692. The van der Waals surface area contributed by atoms with Gasteiger partial charge in [0.15, 0.2) is 0 Å². The molecule has 20 heavy (non-hydrogen) atoms. The SMILES string of the molecule is N#Cc1ccc(Cl)c(NS(=O)(=O)c2ccc(C#N)s2)c1. The number of rotatable bonds is 3. The van der Waals surface area contributed by atoms with Crippen LogP contribution in [0.2, 0.25) is 5.02 Å². The van der Waals surface area contributed by atoms with Gasteiger partial charge in [-0.1, -0.05) is 11.6 Å². The lowest BCUT2D eigenvalue weighted by Crippen LogP contribution is -2.11. The standard InChI is InChI=1S/C12H6ClN3O2S2/c13-10-3-1-8(6-14)5-11(10)16-20(17,18)12-4-2-9(7-15)19-12/h1-5,16H. The third-order valence-electron chi connectivity index (χ3n) is 2.30. The number of nitriles is 2. The molecule has 0 bridgehead atoms. The molecular formula is C12H6ClN3O2S2. The summed E-state index contributed by atoms with van der Waals surface area (Å²) in [6, 6.07) is 10.8. The minimum Gasteiger partial charge on any atom is -0.277 e. The first kappa shape index (κ1) is 14.4. The van der Waals surface area contributed by atoms with Crippen LogP contribution in [-0.2, 0) is 10.0 Å². The second-order valence-electron chi connectivity index (χ2n) is 3.64.